The molecule has 0 N–H and O–H groups in total. The van der Waals surface area contributed by atoms with E-state index >= 15 is 0 Å². The van der Waals surface area contributed by atoms with Crippen LogP contribution in [0.15, 0.2) is 24.5 Å². The van der Waals surface area contributed by atoms with Gasteiger partial charge in [-0.15, -0.1) is 10.2 Å². The molecule has 2 aromatic rings. The van der Waals surface area contributed by atoms with Crippen LogP contribution < -0.4 is 0 Å². The van der Waals surface area contributed by atoms with Gasteiger partial charge in [-0.3, -0.25) is 14.3 Å². The Labute approximate surface area is 130 Å². The molecule has 6 nitrogen and oxygen atoms in total. The third kappa shape index (κ3) is 2.49. The van der Waals surface area contributed by atoms with E-state index in [0.717, 1.165) is 23.6 Å². The van der Waals surface area contributed by atoms with Crippen molar-refractivity contribution in [2.75, 3.05) is 6.54 Å². The molecular formula is C16H21N5O. The second-order valence-electron chi connectivity index (χ2n) is 6.04. The average molecular weight is 299 g/mol. The molecule has 22 heavy (non-hydrogen) atoms. The normalized spacial score (nSPS) is 17.9. The zero-order valence-corrected chi connectivity index (χ0v) is 13.2. The smallest absolute Gasteiger partial charge is 0.246 e. The van der Waals surface area contributed by atoms with E-state index in [1.807, 2.05) is 28.5 Å². The lowest BCUT2D eigenvalue weighted by molar-refractivity contribution is -0.137. The Kier molecular flexibility index (Phi) is 3.92. The number of likely N-dealkylation sites (N-methyl/N-ethyl adjacent to an activating group) is 1. The highest BCUT2D eigenvalue weighted by Crippen LogP contribution is 2.31. The Morgan fingerprint density at radius 2 is 2.00 bits per heavy atom. The summed E-state index contributed by atoms with van der Waals surface area (Å²) in [5, 5.41) is 8.66. The third-order valence-corrected chi connectivity index (χ3v) is 4.02. The van der Waals surface area contributed by atoms with Gasteiger partial charge in [0.2, 0.25) is 5.91 Å². The van der Waals surface area contributed by atoms with Crippen molar-refractivity contribution < 1.29 is 4.79 Å². The zero-order chi connectivity index (χ0) is 15.7. The molecule has 0 aromatic carbocycles. The number of carbonyl (C=O) groups is 1. The summed E-state index contributed by atoms with van der Waals surface area (Å²) in [7, 11) is 0. The molecule has 0 spiro atoms. The number of hydrogen-bond acceptors (Lipinski definition) is 4. The molecule has 0 bridgehead atoms. The second kappa shape index (κ2) is 5.87. The molecule has 2 aromatic heterocycles. The maximum Gasteiger partial charge on any atom is 0.246 e. The van der Waals surface area contributed by atoms with Gasteiger partial charge < -0.3 is 4.90 Å². The summed E-state index contributed by atoms with van der Waals surface area (Å²) in [6, 6.07) is 3.59. The van der Waals surface area contributed by atoms with Crippen LogP contribution in [0.25, 0.3) is 11.4 Å². The van der Waals surface area contributed by atoms with Crippen LogP contribution in [0, 0.1) is 5.92 Å². The van der Waals surface area contributed by atoms with E-state index in [9.17, 15) is 4.79 Å². The first kappa shape index (κ1) is 14.7. The van der Waals surface area contributed by atoms with Crippen LogP contribution in [0.4, 0.5) is 0 Å². The lowest BCUT2D eigenvalue weighted by Crippen LogP contribution is -2.43. The van der Waals surface area contributed by atoms with E-state index in [4.69, 9.17) is 0 Å². The molecule has 0 unspecified atom stereocenters. The minimum atomic E-state index is -0.220. The molecular weight excluding hydrogens is 278 g/mol. The summed E-state index contributed by atoms with van der Waals surface area (Å²) < 4.78 is 2.02. The molecule has 0 saturated heterocycles. The summed E-state index contributed by atoms with van der Waals surface area (Å²) in [6.07, 6.45) is 4.26. The van der Waals surface area contributed by atoms with Crippen LogP contribution in [0.3, 0.4) is 0 Å². The van der Waals surface area contributed by atoms with Crippen molar-refractivity contribution in [3.63, 3.8) is 0 Å². The van der Waals surface area contributed by atoms with Crippen molar-refractivity contribution in [1.82, 2.24) is 24.6 Å². The highest BCUT2D eigenvalue weighted by Gasteiger charge is 2.35. The molecule has 6 heteroatoms. The maximum atomic E-state index is 12.8. The fourth-order valence-electron chi connectivity index (χ4n) is 2.95. The summed E-state index contributed by atoms with van der Waals surface area (Å²) in [5.41, 5.74) is 0.945. The first-order valence-electron chi connectivity index (χ1n) is 7.74. The molecule has 1 aliphatic heterocycles. The summed E-state index contributed by atoms with van der Waals surface area (Å²) >= 11 is 0. The Morgan fingerprint density at radius 1 is 1.27 bits per heavy atom. The minimum absolute atomic E-state index is 0.166. The van der Waals surface area contributed by atoms with E-state index in [2.05, 4.69) is 29.0 Å². The lowest BCUT2D eigenvalue weighted by atomic mass is 10.00. The van der Waals surface area contributed by atoms with E-state index in [0.29, 0.717) is 19.0 Å². The molecule has 1 amide bonds. The first-order valence-corrected chi connectivity index (χ1v) is 7.74. The number of pyridine rings is 1. The quantitative estimate of drug-likeness (QED) is 0.869. The Hall–Kier alpha value is -2.24. The van der Waals surface area contributed by atoms with Crippen molar-refractivity contribution in [1.29, 1.82) is 0 Å². The van der Waals surface area contributed by atoms with Gasteiger partial charge in [-0.2, -0.15) is 0 Å². The highest BCUT2D eigenvalue weighted by molar-refractivity contribution is 5.82. The van der Waals surface area contributed by atoms with Crippen molar-refractivity contribution in [3.05, 3.63) is 30.4 Å². The van der Waals surface area contributed by atoms with Gasteiger partial charge in [0.1, 0.15) is 6.04 Å². The molecule has 116 valence electrons. The van der Waals surface area contributed by atoms with Gasteiger partial charge in [-0.1, -0.05) is 13.8 Å². The SMILES string of the molecule is CCN1Cc2nnc(-c3ccncc3)n2[C@@H](CC(C)C)C1=O. The highest BCUT2D eigenvalue weighted by atomic mass is 16.2. The van der Waals surface area contributed by atoms with Gasteiger partial charge in [-0.25, -0.2) is 0 Å². The Balaban J connectivity index is 2.09. The van der Waals surface area contributed by atoms with E-state index in [1.54, 1.807) is 12.4 Å². The van der Waals surface area contributed by atoms with Crippen LogP contribution in [-0.2, 0) is 11.3 Å². The van der Waals surface area contributed by atoms with Crippen molar-refractivity contribution in [3.8, 4) is 11.4 Å². The number of rotatable bonds is 4. The van der Waals surface area contributed by atoms with E-state index < -0.39 is 0 Å². The van der Waals surface area contributed by atoms with Gasteiger partial charge in [0, 0.05) is 24.5 Å². The lowest BCUT2D eigenvalue weighted by Gasteiger charge is -2.34. The predicted molar refractivity (Wildman–Crippen MR) is 82.8 cm³/mol. The van der Waals surface area contributed by atoms with Crippen LogP contribution in [0.5, 0.6) is 0 Å². The maximum absolute atomic E-state index is 12.8. The van der Waals surface area contributed by atoms with Crippen LogP contribution in [-0.4, -0.2) is 37.1 Å². The summed E-state index contributed by atoms with van der Waals surface area (Å²) in [6.45, 7) is 7.50. The van der Waals surface area contributed by atoms with Gasteiger partial charge in [0.05, 0.1) is 6.54 Å². The average Bonchev–Trinajstić information content (AvgIpc) is 2.94. The number of nitrogens with zero attached hydrogens (tertiary/aromatic N) is 5. The van der Waals surface area contributed by atoms with Crippen LogP contribution >= 0.6 is 0 Å². The fourth-order valence-corrected chi connectivity index (χ4v) is 2.95. The topological polar surface area (TPSA) is 63.9 Å². The van der Waals surface area contributed by atoms with Crippen LogP contribution in [0.2, 0.25) is 0 Å². The number of carbonyl (C=O) groups excluding carboxylic acids is 1. The molecule has 0 saturated carbocycles. The second-order valence-corrected chi connectivity index (χ2v) is 6.04. The van der Waals surface area contributed by atoms with E-state index in [-0.39, 0.29) is 11.9 Å². The number of aromatic nitrogens is 4. The standard InChI is InChI=1S/C16H21N5O/c1-4-20-10-14-18-19-15(12-5-7-17-8-6-12)21(14)13(16(20)22)9-11(2)3/h5-8,11,13H,4,9-10H2,1-3H3/t13-/m0/s1. The molecule has 0 fully saturated rings. The van der Waals surface area contributed by atoms with E-state index in [1.165, 1.54) is 0 Å². The molecule has 1 aliphatic rings. The molecule has 0 radical (unpaired) electrons. The fraction of sp³-hybridized carbons (Fsp3) is 0.500. The minimum Gasteiger partial charge on any atom is -0.334 e. The molecule has 3 rings (SSSR count). The number of amides is 1. The van der Waals surface area contributed by atoms with Crippen LogP contribution in [0.1, 0.15) is 39.1 Å². The van der Waals surface area contributed by atoms with Crippen molar-refractivity contribution in [2.24, 2.45) is 5.92 Å². The van der Waals surface area contributed by atoms with Crippen molar-refractivity contribution >= 4 is 5.91 Å². The monoisotopic (exact) mass is 299 g/mol. The van der Waals surface area contributed by atoms with Gasteiger partial charge in [0.25, 0.3) is 0 Å². The molecule has 3 heterocycles. The first-order chi connectivity index (χ1) is 10.6. The molecule has 0 aliphatic carbocycles. The third-order valence-electron chi connectivity index (χ3n) is 4.02. The Morgan fingerprint density at radius 3 is 2.64 bits per heavy atom. The molecule has 1 atom stereocenters. The summed E-state index contributed by atoms with van der Waals surface area (Å²) in [5.74, 6) is 2.20. The Bertz CT molecular complexity index is 664. The number of fused-ring (bicyclic) bond motifs is 1. The largest absolute Gasteiger partial charge is 0.334 e. The predicted octanol–water partition coefficient (Wildman–Crippen LogP) is 2.29. The zero-order valence-electron chi connectivity index (χ0n) is 13.2. The number of hydrogen-bond donors (Lipinski definition) is 0. The van der Waals surface area contributed by atoms with Gasteiger partial charge >= 0.3 is 0 Å². The van der Waals surface area contributed by atoms with Crippen molar-refractivity contribution in [2.45, 2.75) is 39.8 Å². The van der Waals surface area contributed by atoms with Gasteiger partial charge in [-0.05, 0) is 31.4 Å². The van der Waals surface area contributed by atoms with Gasteiger partial charge in [0.15, 0.2) is 11.6 Å². The summed E-state index contributed by atoms with van der Waals surface area (Å²) in [4.78, 5) is 18.7.